The lowest BCUT2D eigenvalue weighted by molar-refractivity contribution is 0.0763. The smallest absolute Gasteiger partial charge is 0.256 e. The van der Waals surface area contributed by atoms with Crippen LogP contribution in [0.25, 0.3) is 22.0 Å². The molecule has 0 fully saturated rings. The molecule has 2 aromatic carbocycles. The van der Waals surface area contributed by atoms with Gasteiger partial charge in [0.25, 0.3) is 5.91 Å². The maximum atomic E-state index is 15.2. The van der Waals surface area contributed by atoms with Gasteiger partial charge in [0.15, 0.2) is 0 Å². The van der Waals surface area contributed by atoms with Crippen molar-refractivity contribution >= 4 is 16.8 Å². The van der Waals surface area contributed by atoms with E-state index >= 15 is 8.78 Å². The molecule has 6 nitrogen and oxygen atoms in total. The van der Waals surface area contributed by atoms with Crippen molar-refractivity contribution in [3.8, 4) is 16.9 Å². The molecule has 150 valence electrons. The number of carbonyl (C=O) groups excluding carboxylic acids is 1. The van der Waals surface area contributed by atoms with Gasteiger partial charge in [-0.15, -0.1) is 0 Å². The zero-order valence-corrected chi connectivity index (χ0v) is 15.2. The van der Waals surface area contributed by atoms with Crippen LogP contribution < -0.4 is 0 Å². The average Bonchev–Trinajstić information content (AvgIpc) is 3.32. The topological polar surface area (TPSA) is 71.2 Å². The zero-order chi connectivity index (χ0) is 25.3. The Labute approximate surface area is 177 Å². The molecule has 0 aliphatic carbocycles. The Bertz CT molecular complexity index is 1500. The van der Waals surface area contributed by atoms with Gasteiger partial charge in [0.1, 0.15) is 22.9 Å². The number of hydrogen-bond donors (Lipinski definition) is 1. The number of phenolic OH excluding ortho intramolecular Hbond substituents is 1. The normalized spacial score (nSPS) is 17.9. The van der Waals surface area contributed by atoms with Gasteiger partial charge in [0, 0.05) is 34.4 Å². The highest BCUT2D eigenvalue weighted by Gasteiger charge is 2.29. The van der Waals surface area contributed by atoms with Crippen LogP contribution in [0.2, 0.25) is 0 Å². The molecule has 0 unspecified atom stereocenters. The van der Waals surface area contributed by atoms with Crippen LogP contribution in [-0.2, 0) is 20.0 Å². The van der Waals surface area contributed by atoms with E-state index in [1.165, 1.54) is 30.5 Å². The van der Waals surface area contributed by atoms with E-state index in [4.69, 9.17) is 6.85 Å². The third-order valence-corrected chi connectivity index (χ3v) is 4.95. The van der Waals surface area contributed by atoms with Crippen molar-refractivity contribution in [1.29, 1.82) is 0 Å². The van der Waals surface area contributed by atoms with E-state index in [9.17, 15) is 9.90 Å². The number of carbonyl (C=O) groups is 1. The van der Waals surface area contributed by atoms with E-state index < -0.39 is 43.1 Å². The standard InChI is InChI=1S/C22H16F2N4O2/c1-27-9-15-13(4-5-20(29)21(15)26-27)12-7-17(23)16(18(24)8-12)10-28-11-19-14(22(28)30)3-2-6-25-19/h2-9,29H,10-11H2,1H3/i1D3,11D2. The fourth-order valence-corrected chi connectivity index (χ4v) is 3.51. The highest BCUT2D eigenvalue weighted by atomic mass is 19.1. The molecule has 0 saturated heterocycles. The van der Waals surface area contributed by atoms with Gasteiger partial charge in [0.2, 0.25) is 0 Å². The van der Waals surface area contributed by atoms with Gasteiger partial charge in [-0.2, -0.15) is 5.10 Å². The fourth-order valence-electron chi connectivity index (χ4n) is 3.51. The van der Waals surface area contributed by atoms with Gasteiger partial charge in [-0.3, -0.25) is 14.5 Å². The highest BCUT2D eigenvalue weighted by molar-refractivity contribution is 5.98. The van der Waals surface area contributed by atoms with Crippen LogP contribution in [0.5, 0.6) is 5.75 Å². The number of pyridine rings is 1. The van der Waals surface area contributed by atoms with Crippen LogP contribution >= 0.6 is 0 Å². The Balaban J connectivity index is 1.56. The van der Waals surface area contributed by atoms with Crippen LogP contribution in [0.1, 0.15) is 28.5 Å². The van der Waals surface area contributed by atoms with Crippen LogP contribution in [0.3, 0.4) is 0 Å². The second-order valence-corrected chi connectivity index (χ2v) is 6.79. The van der Waals surface area contributed by atoms with E-state index in [0.717, 1.165) is 18.3 Å². The first-order valence-corrected chi connectivity index (χ1v) is 8.87. The Hall–Kier alpha value is -3.81. The molecule has 0 radical (unpaired) electrons. The SMILES string of the molecule is [2H]C1([2H])c2ncccc2C(=O)N1Cc1c(F)cc(-c2ccc(O)c3nn(C([2H])([2H])[2H])cc23)cc1F. The number of nitrogens with zero attached hydrogens (tertiary/aromatic N) is 4. The minimum Gasteiger partial charge on any atom is -0.506 e. The Morgan fingerprint density at radius 3 is 2.77 bits per heavy atom. The van der Waals surface area contributed by atoms with Gasteiger partial charge < -0.3 is 10.0 Å². The van der Waals surface area contributed by atoms with E-state index in [2.05, 4.69) is 10.1 Å². The number of hydrogen-bond acceptors (Lipinski definition) is 4. The third kappa shape index (κ3) is 2.80. The van der Waals surface area contributed by atoms with Crippen molar-refractivity contribution < 1.29 is 25.5 Å². The lowest BCUT2D eigenvalue weighted by Crippen LogP contribution is -2.24. The number of aryl methyl sites for hydroxylation is 1. The minimum atomic E-state index is -2.63. The first kappa shape index (κ1) is 13.4. The number of aromatic nitrogens is 3. The van der Waals surface area contributed by atoms with Crippen molar-refractivity contribution in [2.75, 3.05) is 0 Å². The summed E-state index contributed by atoms with van der Waals surface area (Å²) in [5, 5.41) is 14.1. The Morgan fingerprint density at radius 2 is 2.03 bits per heavy atom. The summed E-state index contributed by atoms with van der Waals surface area (Å²) in [7, 11) is 0. The van der Waals surface area contributed by atoms with Gasteiger partial charge in [-0.25, -0.2) is 8.78 Å². The number of aromatic hydroxyl groups is 1. The minimum absolute atomic E-state index is 0.0210. The molecular weight excluding hydrogens is 390 g/mol. The number of rotatable bonds is 3. The number of halogens is 2. The van der Waals surface area contributed by atoms with E-state index in [0.29, 0.717) is 9.58 Å². The molecule has 1 amide bonds. The number of fused-ring (bicyclic) bond motifs is 2. The van der Waals surface area contributed by atoms with Crippen molar-refractivity contribution in [1.82, 2.24) is 19.7 Å². The van der Waals surface area contributed by atoms with Crippen molar-refractivity contribution in [3.63, 3.8) is 0 Å². The molecule has 0 saturated carbocycles. The molecule has 4 aromatic rings. The molecule has 1 aliphatic heterocycles. The van der Waals surface area contributed by atoms with Crippen LogP contribution in [0.15, 0.2) is 48.8 Å². The predicted octanol–water partition coefficient (Wildman–Crippen LogP) is 3.78. The van der Waals surface area contributed by atoms with Crippen molar-refractivity contribution in [3.05, 3.63) is 77.2 Å². The van der Waals surface area contributed by atoms with E-state index in [1.807, 2.05) is 0 Å². The molecule has 2 aromatic heterocycles. The van der Waals surface area contributed by atoms with Gasteiger partial charge in [-0.05, 0) is 47.5 Å². The molecule has 5 rings (SSSR count). The van der Waals surface area contributed by atoms with E-state index in [-0.39, 0.29) is 39.0 Å². The summed E-state index contributed by atoms with van der Waals surface area (Å²) in [4.78, 5) is 17.3. The Morgan fingerprint density at radius 1 is 1.23 bits per heavy atom. The maximum absolute atomic E-state index is 15.2. The first-order chi connectivity index (χ1) is 16.4. The third-order valence-electron chi connectivity index (χ3n) is 4.95. The zero-order valence-electron chi connectivity index (χ0n) is 20.2. The Kier molecular flexibility index (Phi) is 2.96. The van der Waals surface area contributed by atoms with Gasteiger partial charge >= 0.3 is 0 Å². The maximum Gasteiger partial charge on any atom is 0.256 e. The molecule has 3 heterocycles. The summed E-state index contributed by atoms with van der Waals surface area (Å²) < 4.78 is 70.1. The number of amides is 1. The second kappa shape index (κ2) is 6.62. The monoisotopic (exact) mass is 411 g/mol. The summed E-state index contributed by atoms with van der Waals surface area (Å²) in [5.74, 6) is -3.10. The molecule has 1 aliphatic rings. The summed E-state index contributed by atoms with van der Waals surface area (Å²) in [6, 6.07) is 7.48. The predicted molar refractivity (Wildman–Crippen MR) is 106 cm³/mol. The molecule has 1 N–H and O–H groups in total. The molecule has 0 bridgehead atoms. The van der Waals surface area contributed by atoms with Crippen LogP contribution in [0.4, 0.5) is 8.78 Å². The summed E-state index contributed by atoms with van der Waals surface area (Å²) in [6.07, 6.45) is 2.49. The quantitative estimate of drug-likeness (QED) is 0.557. The highest BCUT2D eigenvalue weighted by Crippen LogP contribution is 2.35. The van der Waals surface area contributed by atoms with Crippen molar-refractivity contribution in [2.45, 2.75) is 13.0 Å². The van der Waals surface area contributed by atoms with Crippen LogP contribution in [-0.4, -0.2) is 30.7 Å². The second-order valence-electron chi connectivity index (χ2n) is 6.79. The summed E-state index contributed by atoms with van der Waals surface area (Å²) in [5.41, 5.74) is -0.411. The summed E-state index contributed by atoms with van der Waals surface area (Å²) in [6.45, 7) is -5.67. The molecule has 0 atom stereocenters. The number of benzene rings is 2. The molecule has 0 spiro atoms. The lowest BCUT2D eigenvalue weighted by atomic mass is 9.99. The van der Waals surface area contributed by atoms with E-state index in [1.54, 1.807) is 0 Å². The number of phenols is 1. The molecule has 8 heteroatoms. The molecular formula is C22H16F2N4O2. The van der Waals surface area contributed by atoms with Gasteiger partial charge in [0.05, 0.1) is 27.0 Å². The van der Waals surface area contributed by atoms with Crippen LogP contribution in [0, 0.1) is 11.6 Å². The van der Waals surface area contributed by atoms with Gasteiger partial charge in [-0.1, -0.05) is 0 Å². The lowest BCUT2D eigenvalue weighted by Gasteiger charge is -2.17. The largest absolute Gasteiger partial charge is 0.506 e. The van der Waals surface area contributed by atoms with Crippen molar-refractivity contribution in [2.24, 2.45) is 6.98 Å². The fraction of sp³-hybridized carbons (Fsp3) is 0.136. The summed E-state index contributed by atoms with van der Waals surface area (Å²) >= 11 is 0. The molecule has 30 heavy (non-hydrogen) atoms. The first-order valence-electron chi connectivity index (χ1n) is 11.4. The average molecular weight is 411 g/mol.